The highest BCUT2D eigenvalue weighted by atomic mass is 32.2. The fourth-order valence-corrected chi connectivity index (χ4v) is 3.14. The molecule has 0 atom stereocenters. The Kier molecular flexibility index (Phi) is 7.35. The lowest BCUT2D eigenvalue weighted by Crippen LogP contribution is -2.31. The van der Waals surface area contributed by atoms with Gasteiger partial charge in [-0.25, -0.2) is 8.42 Å². The zero-order valence-corrected chi connectivity index (χ0v) is 13.3. The molecule has 21 heavy (non-hydrogen) atoms. The molecule has 0 radical (unpaired) electrons. The van der Waals surface area contributed by atoms with Crippen LogP contribution in [-0.2, 0) is 16.6 Å². The summed E-state index contributed by atoms with van der Waals surface area (Å²) < 4.78 is 27.9. The van der Waals surface area contributed by atoms with Crippen molar-refractivity contribution in [2.45, 2.75) is 24.8 Å². The second kappa shape index (κ2) is 8.76. The monoisotopic (exact) mass is 312 g/mol. The quantitative estimate of drug-likeness (QED) is 0.493. The molecule has 0 amide bonds. The largest absolute Gasteiger partial charge is 0.315 e. The van der Waals surface area contributed by atoms with Gasteiger partial charge in [-0.05, 0) is 13.0 Å². The third-order valence-electron chi connectivity index (χ3n) is 2.86. The van der Waals surface area contributed by atoms with Crippen molar-refractivity contribution in [3.05, 3.63) is 37.7 Å². The maximum absolute atomic E-state index is 12.5. The number of hydrogen-bond acceptors (Lipinski definition) is 4. The van der Waals surface area contributed by atoms with Gasteiger partial charge in [-0.2, -0.15) is 9.40 Å². The molecule has 0 fully saturated rings. The topological polar surface area (TPSA) is 67.2 Å². The van der Waals surface area contributed by atoms with E-state index in [2.05, 4.69) is 30.5 Å². The van der Waals surface area contributed by atoms with Crippen molar-refractivity contribution in [1.82, 2.24) is 19.4 Å². The van der Waals surface area contributed by atoms with Crippen LogP contribution in [0.5, 0.6) is 0 Å². The van der Waals surface area contributed by atoms with E-state index in [4.69, 9.17) is 0 Å². The van der Waals surface area contributed by atoms with Gasteiger partial charge in [0.25, 0.3) is 0 Å². The summed E-state index contributed by atoms with van der Waals surface area (Å²) in [5.41, 5.74) is 0. The van der Waals surface area contributed by atoms with Crippen LogP contribution in [0.3, 0.4) is 0 Å². The number of aromatic nitrogens is 2. The lowest BCUT2D eigenvalue weighted by molar-refractivity contribution is 0.474. The summed E-state index contributed by atoms with van der Waals surface area (Å²) in [4.78, 5) is 0.196. The van der Waals surface area contributed by atoms with Gasteiger partial charge in [-0.3, -0.25) is 4.68 Å². The van der Waals surface area contributed by atoms with Crippen molar-refractivity contribution in [2.24, 2.45) is 0 Å². The van der Waals surface area contributed by atoms with Crippen molar-refractivity contribution in [2.75, 3.05) is 26.2 Å². The molecular formula is C14H24N4O2S. The third kappa shape index (κ3) is 5.11. The highest BCUT2D eigenvalue weighted by Crippen LogP contribution is 2.14. The summed E-state index contributed by atoms with van der Waals surface area (Å²) in [7, 11) is -3.55. The Morgan fingerprint density at radius 1 is 1.33 bits per heavy atom. The number of nitrogens with one attached hydrogen (secondary N) is 1. The molecule has 118 valence electrons. The first kappa shape index (κ1) is 17.6. The fraction of sp³-hybridized carbons (Fsp3) is 0.500. The van der Waals surface area contributed by atoms with Crippen molar-refractivity contribution < 1.29 is 8.42 Å². The van der Waals surface area contributed by atoms with Crippen molar-refractivity contribution in [1.29, 1.82) is 0 Å². The molecule has 0 aliphatic carbocycles. The van der Waals surface area contributed by atoms with Gasteiger partial charge in [0, 0.05) is 25.8 Å². The van der Waals surface area contributed by atoms with Gasteiger partial charge < -0.3 is 5.32 Å². The minimum Gasteiger partial charge on any atom is -0.315 e. The summed E-state index contributed by atoms with van der Waals surface area (Å²) >= 11 is 0. The molecular weight excluding hydrogens is 288 g/mol. The van der Waals surface area contributed by atoms with Crippen LogP contribution in [0.25, 0.3) is 0 Å². The SMILES string of the molecule is C=CCN(CC=C)S(=O)(=O)c1cnn(CCNCCC)c1. The smallest absolute Gasteiger partial charge is 0.246 e. The summed E-state index contributed by atoms with van der Waals surface area (Å²) in [5, 5.41) is 7.35. The van der Waals surface area contributed by atoms with Crippen LogP contribution in [0.4, 0.5) is 0 Å². The van der Waals surface area contributed by atoms with Crippen molar-refractivity contribution in [3.8, 4) is 0 Å². The van der Waals surface area contributed by atoms with E-state index in [0.29, 0.717) is 6.54 Å². The number of sulfonamides is 1. The van der Waals surface area contributed by atoms with Gasteiger partial charge in [0.05, 0.1) is 12.7 Å². The molecule has 0 saturated heterocycles. The van der Waals surface area contributed by atoms with Crippen LogP contribution < -0.4 is 5.32 Å². The van der Waals surface area contributed by atoms with Crippen molar-refractivity contribution >= 4 is 10.0 Å². The Morgan fingerprint density at radius 3 is 2.57 bits per heavy atom. The summed E-state index contributed by atoms with van der Waals surface area (Å²) in [6.45, 7) is 12.1. The Balaban J connectivity index is 2.76. The lowest BCUT2D eigenvalue weighted by Gasteiger charge is -2.17. The fourth-order valence-electron chi connectivity index (χ4n) is 1.80. The molecule has 0 saturated carbocycles. The first-order valence-corrected chi connectivity index (χ1v) is 8.45. The van der Waals surface area contributed by atoms with Crippen LogP contribution >= 0.6 is 0 Å². The van der Waals surface area contributed by atoms with Gasteiger partial charge in [0.2, 0.25) is 10.0 Å². The van der Waals surface area contributed by atoms with E-state index in [1.807, 2.05) is 0 Å². The molecule has 0 aliphatic rings. The van der Waals surface area contributed by atoms with E-state index >= 15 is 0 Å². The molecule has 0 aliphatic heterocycles. The first-order valence-electron chi connectivity index (χ1n) is 7.01. The predicted molar refractivity (Wildman–Crippen MR) is 84.5 cm³/mol. The molecule has 1 aromatic rings. The summed E-state index contributed by atoms with van der Waals surface area (Å²) in [6.07, 6.45) is 7.12. The van der Waals surface area contributed by atoms with E-state index in [9.17, 15) is 8.42 Å². The average Bonchev–Trinajstić information content (AvgIpc) is 2.93. The Hall–Kier alpha value is -1.44. The van der Waals surface area contributed by atoms with E-state index in [1.54, 1.807) is 23.0 Å². The van der Waals surface area contributed by atoms with E-state index < -0.39 is 10.0 Å². The zero-order valence-electron chi connectivity index (χ0n) is 12.5. The minimum atomic E-state index is -3.55. The van der Waals surface area contributed by atoms with Gasteiger partial charge in [0.1, 0.15) is 4.90 Å². The first-order chi connectivity index (χ1) is 10.1. The van der Waals surface area contributed by atoms with Gasteiger partial charge in [-0.15, -0.1) is 13.2 Å². The number of rotatable bonds is 11. The van der Waals surface area contributed by atoms with Crippen LogP contribution in [-0.4, -0.2) is 48.7 Å². The van der Waals surface area contributed by atoms with E-state index in [0.717, 1.165) is 19.5 Å². The molecule has 0 bridgehead atoms. The molecule has 1 aromatic heterocycles. The average molecular weight is 312 g/mol. The molecule has 6 nitrogen and oxygen atoms in total. The molecule has 0 spiro atoms. The molecule has 1 N–H and O–H groups in total. The van der Waals surface area contributed by atoms with Gasteiger partial charge in [-0.1, -0.05) is 19.1 Å². The summed E-state index contributed by atoms with van der Waals surface area (Å²) in [5.74, 6) is 0. The standard InChI is InChI=1S/C14H24N4O2S/c1-4-7-15-8-11-17-13-14(12-16-17)21(19,20)18(9-5-2)10-6-3/h5-6,12-13,15H,2-4,7-11H2,1H3. The maximum Gasteiger partial charge on any atom is 0.246 e. The Labute approximate surface area is 127 Å². The molecule has 1 heterocycles. The Morgan fingerprint density at radius 2 is 2.00 bits per heavy atom. The molecule has 1 rings (SSSR count). The third-order valence-corrected chi connectivity index (χ3v) is 4.64. The number of nitrogens with zero attached hydrogens (tertiary/aromatic N) is 3. The maximum atomic E-state index is 12.5. The van der Waals surface area contributed by atoms with Gasteiger partial charge in [0.15, 0.2) is 0 Å². The predicted octanol–water partition coefficient (Wildman–Crippen LogP) is 1.25. The van der Waals surface area contributed by atoms with Crippen LogP contribution in [0.1, 0.15) is 13.3 Å². The second-order valence-electron chi connectivity index (χ2n) is 4.59. The summed E-state index contributed by atoms with van der Waals surface area (Å²) in [6, 6.07) is 0. The van der Waals surface area contributed by atoms with Crippen molar-refractivity contribution in [3.63, 3.8) is 0 Å². The van der Waals surface area contributed by atoms with Crippen LogP contribution in [0, 0.1) is 0 Å². The van der Waals surface area contributed by atoms with E-state index in [1.165, 1.54) is 10.5 Å². The molecule has 0 aromatic carbocycles. The van der Waals surface area contributed by atoms with Crippen LogP contribution in [0.2, 0.25) is 0 Å². The number of hydrogen-bond donors (Lipinski definition) is 1. The molecule has 0 unspecified atom stereocenters. The highest BCUT2D eigenvalue weighted by molar-refractivity contribution is 7.89. The van der Waals surface area contributed by atoms with E-state index in [-0.39, 0.29) is 18.0 Å². The molecule has 7 heteroatoms. The highest BCUT2D eigenvalue weighted by Gasteiger charge is 2.23. The second-order valence-corrected chi connectivity index (χ2v) is 6.53. The Bertz CT molecular complexity index is 541. The normalized spacial score (nSPS) is 11.7. The van der Waals surface area contributed by atoms with Crippen LogP contribution in [0.15, 0.2) is 42.6 Å². The van der Waals surface area contributed by atoms with Gasteiger partial charge >= 0.3 is 0 Å². The lowest BCUT2D eigenvalue weighted by atomic mass is 10.5. The zero-order chi connectivity index (χ0) is 15.7. The minimum absolute atomic E-state index is 0.196.